The molecule has 0 N–H and O–H groups in total. The average molecular weight is 430 g/mol. The van der Waals surface area contributed by atoms with E-state index in [0.29, 0.717) is 23.3 Å². The Balaban J connectivity index is 1.65. The highest BCUT2D eigenvalue weighted by atomic mass is 35.5. The molecule has 2 nitrogen and oxygen atoms in total. The van der Waals surface area contributed by atoms with Crippen LogP contribution in [0.3, 0.4) is 0 Å². The molecule has 1 aliphatic rings. The van der Waals surface area contributed by atoms with Gasteiger partial charge in [-0.2, -0.15) is 0 Å². The fourth-order valence-corrected chi connectivity index (χ4v) is 4.90. The lowest BCUT2D eigenvalue weighted by Gasteiger charge is -2.33. The SMILES string of the molecule is Clc1cccc(SN2Cc3ccccc3COCC2Cc2ccccc2)c1Cl. The molecule has 28 heavy (non-hydrogen) atoms. The van der Waals surface area contributed by atoms with Gasteiger partial charge in [-0.25, -0.2) is 4.31 Å². The minimum absolute atomic E-state index is 0.218. The lowest BCUT2D eigenvalue weighted by Crippen LogP contribution is -2.37. The molecule has 3 aromatic rings. The first-order valence-corrected chi connectivity index (χ1v) is 10.8. The van der Waals surface area contributed by atoms with Crippen molar-refractivity contribution in [1.82, 2.24) is 4.31 Å². The third-order valence-corrected chi connectivity index (χ3v) is 7.00. The van der Waals surface area contributed by atoms with Gasteiger partial charge in [-0.1, -0.05) is 83.9 Å². The molecule has 0 amide bonds. The number of nitrogens with zero attached hydrogens (tertiary/aromatic N) is 1. The highest BCUT2D eigenvalue weighted by molar-refractivity contribution is 7.97. The predicted octanol–water partition coefficient (Wildman–Crippen LogP) is 6.64. The van der Waals surface area contributed by atoms with Crippen LogP contribution in [0.15, 0.2) is 77.7 Å². The molecule has 0 saturated heterocycles. The molecule has 1 unspecified atom stereocenters. The predicted molar refractivity (Wildman–Crippen MR) is 118 cm³/mol. The zero-order valence-corrected chi connectivity index (χ0v) is 17.7. The molecule has 3 aromatic carbocycles. The van der Waals surface area contributed by atoms with Crippen LogP contribution in [0.4, 0.5) is 0 Å². The first-order chi connectivity index (χ1) is 13.7. The normalized spacial score (nSPS) is 17.6. The van der Waals surface area contributed by atoms with Crippen LogP contribution in [-0.2, 0) is 24.3 Å². The van der Waals surface area contributed by atoms with Crippen molar-refractivity contribution in [1.29, 1.82) is 0 Å². The van der Waals surface area contributed by atoms with E-state index in [2.05, 4.69) is 52.8 Å². The van der Waals surface area contributed by atoms with E-state index in [9.17, 15) is 0 Å². The molecule has 0 fully saturated rings. The quantitative estimate of drug-likeness (QED) is 0.431. The maximum Gasteiger partial charge on any atom is 0.0741 e. The first-order valence-electron chi connectivity index (χ1n) is 9.28. The zero-order chi connectivity index (χ0) is 19.3. The van der Waals surface area contributed by atoms with Gasteiger partial charge in [0.2, 0.25) is 0 Å². The minimum atomic E-state index is 0.218. The van der Waals surface area contributed by atoms with Crippen molar-refractivity contribution in [3.8, 4) is 0 Å². The van der Waals surface area contributed by atoms with Crippen LogP contribution in [-0.4, -0.2) is 17.0 Å². The molecule has 1 aliphatic heterocycles. The summed E-state index contributed by atoms with van der Waals surface area (Å²) in [5, 5.41) is 1.18. The Morgan fingerprint density at radius 1 is 0.893 bits per heavy atom. The van der Waals surface area contributed by atoms with Gasteiger partial charge in [0, 0.05) is 17.5 Å². The fraction of sp³-hybridized carbons (Fsp3) is 0.217. The topological polar surface area (TPSA) is 12.5 Å². The van der Waals surface area contributed by atoms with Crippen molar-refractivity contribution in [3.05, 3.63) is 99.5 Å². The molecular formula is C23H21Cl2NOS. The maximum absolute atomic E-state index is 6.48. The van der Waals surface area contributed by atoms with Crippen LogP contribution in [0.5, 0.6) is 0 Å². The number of hydrogen-bond donors (Lipinski definition) is 0. The van der Waals surface area contributed by atoms with E-state index in [1.54, 1.807) is 11.9 Å². The van der Waals surface area contributed by atoms with Crippen LogP contribution in [0.2, 0.25) is 10.0 Å². The van der Waals surface area contributed by atoms with Crippen molar-refractivity contribution in [2.75, 3.05) is 6.61 Å². The Morgan fingerprint density at radius 2 is 1.64 bits per heavy atom. The second-order valence-corrected chi connectivity index (χ2v) is 8.72. The standard InChI is InChI=1S/C23H21Cl2NOS/c24-21-11-6-12-22(23(21)25)28-26-14-18-9-4-5-10-19(18)15-27-16-20(26)13-17-7-2-1-3-8-17/h1-12,20H,13-16H2. The van der Waals surface area contributed by atoms with E-state index in [-0.39, 0.29) is 6.04 Å². The summed E-state index contributed by atoms with van der Waals surface area (Å²) in [5.74, 6) is 0. The largest absolute Gasteiger partial charge is 0.375 e. The zero-order valence-electron chi connectivity index (χ0n) is 15.4. The molecule has 0 aliphatic carbocycles. The summed E-state index contributed by atoms with van der Waals surface area (Å²) in [6.45, 7) is 2.14. The van der Waals surface area contributed by atoms with E-state index in [1.165, 1.54) is 16.7 Å². The first kappa shape index (κ1) is 19.8. The van der Waals surface area contributed by atoms with Crippen LogP contribution in [0.1, 0.15) is 16.7 Å². The molecule has 144 valence electrons. The Kier molecular flexibility index (Phi) is 6.61. The molecule has 0 radical (unpaired) electrons. The maximum atomic E-state index is 6.48. The van der Waals surface area contributed by atoms with Gasteiger partial charge in [-0.3, -0.25) is 0 Å². The Labute approximate surface area is 180 Å². The van der Waals surface area contributed by atoms with E-state index in [0.717, 1.165) is 17.9 Å². The Bertz CT molecular complexity index is 935. The van der Waals surface area contributed by atoms with Gasteiger partial charge in [0.1, 0.15) is 0 Å². The fourth-order valence-electron chi connectivity index (χ4n) is 3.37. The lowest BCUT2D eigenvalue weighted by molar-refractivity contribution is 0.0706. The number of benzene rings is 3. The van der Waals surface area contributed by atoms with Gasteiger partial charge in [0.25, 0.3) is 0 Å². The van der Waals surface area contributed by atoms with Crippen molar-refractivity contribution < 1.29 is 4.74 Å². The smallest absolute Gasteiger partial charge is 0.0741 e. The van der Waals surface area contributed by atoms with Crippen molar-refractivity contribution >= 4 is 35.1 Å². The van der Waals surface area contributed by atoms with E-state index < -0.39 is 0 Å². The van der Waals surface area contributed by atoms with E-state index in [4.69, 9.17) is 27.9 Å². The number of ether oxygens (including phenoxy) is 1. The monoisotopic (exact) mass is 429 g/mol. The summed E-state index contributed by atoms with van der Waals surface area (Å²) in [5.41, 5.74) is 3.82. The van der Waals surface area contributed by atoms with E-state index in [1.807, 2.05) is 24.3 Å². The molecule has 0 aromatic heterocycles. The Morgan fingerprint density at radius 3 is 2.46 bits per heavy atom. The number of halogens is 2. The van der Waals surface area contributed by atoms with Crippen molar-refractivity contribution in [3.63, 3.8) is 0 Å². The average Bonchev–Trinajstić information content (AvgIpc) is 2.70. The van der Waals surface area contributed by atoms with Crippen LogP contribution in [0, 0.1) is 0 Å². The molecular weight excluding hydrogens is 409 g/mol. The summed E-state index contributed by atoms with van der Waals surface area (Å²) in [4.78, 5) is 0.963. The number of rotatable bonds is 4. The summed E-state index contributed by atoms with van der Waals surface area (Å²) in [6.07, 6.45) is 0.911. The molecule has 5 heteroatoms. The molecule has 0 spiro atoms. The number of hydrogen-bond acceptors (Lipinski definition) is 3. The van der Waals surface area contributed by atoms with E-state index >= 15 is 0 Å². The van der Waals surface area contributed by atoms with Gasteiger partial charge in [0.15, 0.2) is 0 Å². The second kappa shape index (κ2) is 9.34. The van der Waals surface area contributed by atoms with Gasteiger partial charge in [-0.15, -0.1) is 0 Å². The third-order valence-electron chi connectivity index (χ3n) is 4.87. The third kappa shape index (κ3) is 4.73. The molecule has 1 heterocycles. The number of fused-ring (bicyclic) bond motifs is 1. The lowest BCUT2D eigenvalue weighted by atomic mass is 10.0. The van der Waals surface area contributed by atoms with Gasteiger partial charge < -0.3 is 4.74 Å². The van der Waals surface area contributed by atoms with Gasteiger partial charge in [0.05, 0.1) is 23.3 Å². The summed E-state index contributed by atoms with van der Waals surface area (Å²) >= 11 is 14.4. The highest BCUT2D eigenvalue weighted by Crippen LogP contribution is 2.37. The van der Waals surface area contributed by atoms with Crippen LogP contribution < -0.4 is 0 Å². The Hall–Kier alpha value is -1.49. The summed E-state index contributed by atoms with van der Waals surface area (Å²) in [7, 11) is 0. The molecule has 1 atom stereocenters. The molecule has 0 bridgehead atoms. The van der Waals surface area contributed by atoms with Crippen LogP contribution >= 0.6 is 35.1 Å². The highest BCUT2D eigenvalue weighted by Gasteiger charge is 2.25. The van der Waals surface area contributed by atoms with Gasteiger partial charge in [-0.05, 0) is 47.2 Å². The summed E-state index contributed by atoms with van der Waals surface area (Å²) in [6, 6.07) is 25.0. The van der Waals surface area contributed by atoms with Crippen LogP contribution in [0.25, 0.3) is 0 Å². The second-order valence-electron chi connectivity index (χ2n) is 6.85. The summed E-state index contributed by atoms with van der Waals surface area (Å²) < 4.78 is 8.47. The van der Waals surface area contributed by atoms with Gasteiger partial charge >= 0.3 is 0 Å². The van der Waals surface area contributed by atoms with Crippen molar-refractivity contribution in [2.45, 2.75) is 30.5 Å². The molecule has 4 rings (SSSR count). The molecule has 0 saturated carbocycles. The van der Waals surface area contributed by atoms with Crippen molar-refractivity contribution in [2.24, 2.45) is 0 Å². The minimum Gasteiger partial charge on any atom is -0.375 e.